The van der Waals surface area contributed by atoms with Crippen molar-refractivity contribution in [2.24, 2.45) is 5.41 Å². The quantitative estimate of drug-likeness (QED) is 0.729. The van der Waals surface area contributed by atoms with Gasteiger partial charge in [-0.15, -0.1) is 0 Å². The Kier molecular flexibility index (Phi) is 3.07. The molecular formula is C10H16O3. The third-order valence-corrected chi connectivity index (χ3v) is 2.95. The highest BCUT2D eigenvalue weighted by atomic mass is 16.4. The molecule has 1 aliphatic rings. The van der Waals surface area contributed by atoms with Crippen molar-refractivity contribution in [3.63, 3.8) is 0 Å². The predicted molar refractivity (Wildman–Crippen MR) is 48.5 cm³/mol. The molecule has 1 saturated carbocycles. The van der Waals surface area contributed by atoms with Crippen LogP contribution in [-0.2, 0) is 9.59 Å². The first-order chi connectivity index (χ1) is 6.04. The average Bonchev–Trinajstić information content (AvgIpc) is 2.07. The van der Waals surface area contributed by atoms with E-state index in [1.54, 1.807) is 0 Å². The van der Waals surface area contributed by atoms with Crippen molar-refractivity contribution in [3.05, 3.63) is 0 Å². The highest BCUT2D eigenvalue weighted by Gasteiger charge is 2.34. The van der Waals surface area contributed by atoms with Crippen molar-refractivity contribution < 1.29 is 14.7 Å². The largest absolute Gasteiger partial charge is 0.481 e. The molecule has 0 aromatic heterocycles. The predicted octanol–water partition coefficient (Wildman–Crippen LogP) is 2.00. The molecule has 0 saturated heterocycles. The minimum Gasteiger partial charge on any atom is -0.481 e. The number of carboxylic acid groups (broad SMARTS) is 1. The monoisotopic (exact) mass is 184 g/mol. The van der Waals surface area contributed by atoms with Crippen LogP contribution >= 0.6 is 0 Å². The molecule has 0 aromatic carbocycles. The molecule has 74 valence electrons. The highest BCUT2D eigenvalue weighted by Crippen LogP contribution is 2.36. The zero-order valence-electron chi connectivity index (χ0n) is 8.01. The summed E-state index contributed by atoms with van der Waals surface area (Å²) in [6.45, 7) is 1.90. The van der Waals surface area contributed by atoms with Crippen LogP contribution in [0, 0.1) is 5.41 Å². The fraction of sp³-hybridized carbons (Fsp3) is 0.800. The number of ketones is 1. The summed E-state index contributed by atoms with van der Waals surface area (Å²) in [5.41, 5.74) is -0.351. The number of carbonyl (C=O) groups excluding carboxylic acids is 1. The van der Waals surface area contributed by atoms with Gasteiger partial charge < -0.3 is 5.11 Å². The van der Waals surface area contributed by atoms with E-state index in [-0.39, 0.29) is 17.6 Å². The van der Waals surface area contributed by atoms with Gasteiger partial charge in [0.05, 0.1) is 0 Å². The van der Waals surface area contributed by atoms with Gasteiger partial charge in [0.25, 0.3) is 0 Å². The molecule has 13 heavy (non-hydrogen) atoms. The van der Waals surface area contributed by atoms with Gasteiger partial charge in [0.15, 0.2) is 0 Å². The topological polar surface area (TPSA) is 54.4 Å². The average molecular weight is 184 g/mol. The lowest BCUT2D eigenvalue weighted by molar-refractivity contribution is -0.138. The molecule has 0 heterocycles. The summed E-state index contributed by atoms with van der Waals surface area (Å²) in [6.07, 6.45) is 4.14. The second-order valence-electron chi connectivity index (χ2n) is 4.08. The van der Waals surface area contributed by atoms with Crippen LogP contribution in [-0.4, -0.2) is 16.9 Å². The van der Waals surface area contributed by atoms with Crippen molar-refractivity contribution in [2.75, 3.05) is 0 Å². The first kappa shape index (κ1) is 10.2. The zero-order chi connectivity index (χ0) is 9.90. The Labute approximate surface area is 78.1 Å². The summed E-state index contributed by atoms with van der Waals surface area (Å²) >= 11 is 0. The van der Waals surface area contributed by atoms with E-state index in [9.17, 15) is 9.59 Å². The fourth-order valence-electron chi connectivity index (χ4n) is 1.89. The minimum absolute atomic E-state index is 0.113. The molecule has 0 aromatic rings. The molecule has 1 fully saturated rings. The summed E-state index contributed by atoms with van der Waals surface area (Å²) in [5, 5.41) is 8.53. The Balaban J connectivity index is 2.51. The lowest BCUT2D eigenvalue weighted by atomic mass is 9.72. The number of carboxylic acids is 1. The first-order valence-corrected chi connectivity index (χ1v) is 4.80. The number of hydrogen-bond donors (Lipinski definition) is 1. The van der Waals surface area contributed by atoms with Gasteiger partial charge in [-0.3, -0.25) is 9.59 Å². The lowest BCUT2D eigenvalue weighted by Gasteiger charge is -2.31. The number of rotatable bonds is 3. The third-order valence-electron chi connectivity index (χ3n) is 2.95. The number of hydrogen-bond acceptors (Lipinski definition) is 2. The molecule has 1 aliphatic carbocycles. The highest BCUT2D eigenvalue weighted by molar-refractivity contribution is 5.85. The molecular weight excluding hydrogens is 168 g/mol. The molecule has 1 rings (SSSR count). The van der Waals surface area contributed by atoms with Crippen LogP contribution in [0.5, 0.6) is 0 Å². The molecule has 0 radical (unpaired) electrons. The van der Waals surface area contributed by atoms with Crippen LogP contribution in [0.1, 0.15) is 45.4 Å². The van der Waals surface area contributed by atoms with Gasteiger partial charge in [-0.1, -0.05) is 13.3 Å². The molecule has 0 spiro atoms. The number of aliphatic carboxylic acids is 1. The van der Waals surface area contributed by atoms with Crippen molar-refractivity contribution in [1.29, 1.82) is 0 Å². The molecule has 1 N–H and O–H groups in total. The molecule has 0 aliphatic heterocycles. The molecule has 3 nitrogen and oxygen atoms in total. The van der Waals surface area contributed by atoms with Crippen LogP contribution in [0.15, 0.2) is 0 Å². The molecule has 0 unspecified atom stereocenters. The zero-order valence-corrected chi connectivity index (χ0v) is 8.01. The Morgan fingerprint density at radius 3 is 2.77 bits per heavy atom. The second-order valence-corrected chi connectivity index (χ2v) is 4.08. The van der Waals surface area contributed by atoms with Gasteiger partial charge in [-0.2, -0.15) is 0 Å². The standard InChI is InChI=1S/C10H16O3/c1-10(7-5-9(12)13)6-3-2-4-8(10)11/h2-7H2,1H3,(H,12,13)/t10-/m1/s1. The lowest BCUT2D eigenvalue weighted by Crippen LogP contribution is -2.31. The van der Waals surface area contributed by atoms with E-state index in [1.165, 1.54) is 0 Å². The van der Waals surface area contributed by atoms with Crippen molar-refractivity contribution in [1.82, 2.24) is 0 Å². The van der Waals surface area contributed by atoms with E-state index in [0.717, 1.165) is 19.3 Å². The summed E-state index contributed by atoms with van der Waals surface area (Å²) < 4.78 is 0. The Morgan fingerprint density at radius 1 is 1.54 bits per heavy atom. The maximum atomic E-state index is 11.5. The van der Waals surface area contributed by atoms with E-state index in [0.29, 0.717) is 12.8 Å². The van der Waals surface area contributed by atoms with Crippen molar-refractivity contribution in [2.45, 2.75) is 45.4 Å². The van der Waals surface area contributed by atoms with E-state index >= 15 is 0 Å². The molecule has 0 bridgehead atoms. The van der Waals surface area contributed by atoms with Crippen LogP contribution in [0.4, 0.5) is 0 Å². The van der Waals surface area contributed by atoms with Crippen LogP contribution in [0.3, 0.4) is 0 Å². The molecule has 1 atom stereocenters. The van der Waals surface area contributed by atoms with Gasteiger partial charge in [-0.25, -0.2) is 0 Å². The van der Waals surface area contributed by atoms with E-state index in [2.05, 4.69) is 0 Å². The maximum Gasteiger partial charge on any atom is 0.303 e. The van der Waals surface area contributed by atoms with Crippen LogP contribution < -0.4 is 0 Å². The smallest absolute Gasteiger partial charge is 0.303 e. The molecule has 0 amide bonds. The van der Waals surface area contributed by atoms with Gasteiger partial charge in [-0.05, 0) is 19.3 Å². The number of carbonyl (C=O) groups is 2. The summed E-state index contributed by atoms with van der Waals surface area (Å²) in [6, 6.07) is 0. The van der Waals surface area contributed by atoms with Gasteiger partial charge in [0, 0.05) is 18.3 Å². The minimum atomic E-state index is -0.806. The van der Waals surface area contributed by atoms with Crippen molar-refractivity contribution in [3.8, 4) is 0 Å². The maximum absolute atomic E-state index is 11.5. The normalized spacial score (nSPS) is 28.8. The SMILES string of the molecule is C[C@]1(CCC(=O)O)CCCCC1=O. The Hall–Kier alpha value is -0.860. The van der Waals surface area contributed by atoms with E-state index in [4.69, 9.17) is 5.11 Å². The summed E-state index contributed by atoms with van der Waals surface area (Å²) in [4.78, 5) is 21.9. The van der Waals surface area contributed by atoms with E-state index in [1.807, 2.05) is 6.92 Å². The Bertz CT molecular complexity index is 222. The van der Waals surface area contributed by atoms with Crippen LogP contribution in [0.2, 0.25) is 0 Å². The first-order valence-electron chi connectivity index (χ1n) is 4.80. The summed E-state index contributed by atoms with van der Waals surface area (Å²) in [5.74, 6) is -0.556. The van der Waals surface area contributed by atoms with Crippen LogP contribution in [0.25, 0.3) is 0 Å². The van der Waals surface area contributed by atoms with Gasteiger partial charge in [0.1, 0.15) is 5.78 Å². The van der Waals surface area contributed by atoms with Crippen molar-refractivity contribution >= 4 is 11.8 Å². The Morgan fingerprint density at radius 2 is 2.23 bits per heavy atom. The van der Waals surface area contributed by atoms with Gasteiger partial charge >= 0.3 is 5.97 Å². The fourth-order valence-corrected chi connectivity index (χ4v) is 1.89. The third kappa shape index (κ3) is 2.54. The molecule has 3 heteroatoms. The number of Topliss-reactive ketones (excluding diaryl/α,β-unsaturated/α-hetero) is 1. The second kappa shape index (κ2) is 3.90. The van der Waals surface area contributed by atoms with Gasteiger partial charge in [0.2, 0.25) is 0 Å². The van der Waals surface area contributed by atoms with E-state index < -0.39 is 5.97 Å². The summed E-state index contributed by atoms with van der Waals surface area (Å²) in [7, 11) is 0.